The lowest BCUT2D eigenvalue weighted by molar-refractivity contribution is -0.660. The van der Waals surface area contributed by atoms with Gasteiger partial charge in [0.15, 0.2) is 6.20 Å². The van der Waals surface area contributed by atoms with Gasteiger partial charge in [0.2, 0.25) is 5.69 Å². The van der Waals surface area contributed by atoms with Gasteiger partial charge in [-0.3, -0.25) is 4.98 Å². The van der Waals surface area contributed by atoms with Crippen molar-refractivity contribution in [2.75, 3.05) is 0 Å². The lowest BCUT2D eigenvalue weighted by atomic mass is 9.92. The lowest BCUT2D eigenvalue weighted by Gasteiger charge is -2.12. The summed E-state index contributed by atoms with van der Waals surface area (Å²) >= 11 is 0. The van der Waals surface area contributed by atoms with Crippen LogP contribution in [0.15, 0.2) is 91.3 Å². The van der Waals surface area contributed by atoms with E-state index in [0.29, 0.717) is 0 Å². The molecule has 0 bridgehead atoms. The van der Waals surface area contributed by atoms with Crippen molar-refractivity contribution >= 4 is 21.7 Å². The summed E-state index contributed by atoms with van der Waals surface area (Å²) in [7, 11) is 2.10. The maximum absolute atomic E-state index is 4.63. The molecule has 2 aromatic heterocycles. The normalized spacial score (nSPS) is 11.2. The fraction of sp³-hybridized carbons (Fsp3) is 0.0769. The van der Waals surface area contributed by atoms with Gasteiger partial charge in [-0.05, 0) is 53.3 Å². The molecule has 0 N–H and O–H groups in total. The number of hydrogen-bond acceptors (Lipinski definition) is 1. The van der Waals surface area contributed by atoms with Gasteiger partial charge < -0.3 is 0 Å². The minimum atomic E-state index is 1.06. The fourth-order valence-electron chi connectivity index (χ4n) is 4.02. The molecule has 5 rings (SSSR count). The summed E-state index contributed by atoms with van der Waals surface area (Å²) in [5.74, 6) is 0. The number of pyridine rings is 2. The molecule has 0 atom stereocenters. The van der Waals surface area contributed by atoms with Crippen LogP contribution in [-0.4, -0.2) is 4.98 Å². The quantitative estimate of drug-likeness (QED) is 0.284. The van der Waals surface area contributed by atoms with Gasteiger partial charge in [0, 0.05) is 34.7 Å². The molecular formula is C26H21N2+. The van der Waals surface area contributed by atoms with Crippen LogP contribution in [0.2, 0.25) is 0 Å². The first-order valence-electron chi connectivity index (χ1n) is 9.55. The van der Waals surface area contributed by atoms with Crippen LogP contribution in [0.4, 0.5) is 0 Å². The van der Waals surface area contributed by atoms with Crippen molar-refractivity contribution in [3.8, 4) is 22.4 Å². The third-order valence-corrected chi connectivity index (χ3v) is 5.49. The number of rotatable bonds is 2. The van der Waals surface area contributed by atoms with E-state index in [1.54, 1.807) is 0 Å². The molecule has 3 aromatic carbocycles. The molecule has 0 amide bonds. The standard InChI is InChI=1S/C26H21N2/c1-18-12-13-19(16-23(18)25-11-5-6-15-28(25)2)24-17-20-8-7-14-27-26(20)22-10-4-3-9-21(22)24/h3-17H,1-2H3/q+1. The fourth-order valence-corrected chi connectivity index (χ4v) is 4.02. The van der Waals surface area contributed by atoms with Crippen LogP contribution in [0.3, 0.4) is 0 Å². The van der Waals surface area contributed by atoms with Crippen LogP contribution < -0.4 is 4.57 Å². The minimum Gasteiger partial charge on any atom is -0.256 e. The van der Waals surface area contributed by atoms with Crippen molar-refractivity contribution < 1.29 is 4.57 Å². The van der Waals surface area contributed by atoms with Crippen molar-refractivity contribution in [3.05, 3.63) is 96.8 Å². The van der Waals surface area contributed by atoms with Crippen molar-refractivity contribution in [3.63, 3.8) is 0 Å². The van der Waals surface area contributed by atoms with Gasteiger partial charge in [0.1, 0.15) is 7.05 Å². The average molecular weight is 361 g/mol. The molecule has 0 aliphatic rings. The molecule has 28 heavy (non-hydrogen) atoms. The summed E-state index contributed by atoms with van der Waals surface area (Å²) in [6, 6.07) is 28.1. The number of nitrogens with zero attached hydrogens (tertiary/aromatic N) is 2. The molecule has 0 aliphatic carbocycles. The highest BCUT2D eigenvalue weighted by molar-refractivity contribution is 6.12. The summed E-state index contributed by atoms with van der Waals surface area (Å²) in [4.78, 5) is 4.63. The predicted molar refractivity (Wildman–Crippen MR) is 116 cm³/mol. The number of aromatic nitrogens is 2. The topological polar surface area (TPSA) is 16.8 Å². The van der Waals surface area contributed by atoms with Crippen molar-refractivity contribution in [2.24, 2.45) is 7.05 Å². The zero-order chi connectivity index (χ0) is 19.1. The molecule has 0 saturated heterocycles. The number of fused-ring (bicyclic) bond motifs is 3. The second-order valence-electron chi connectivity index (χ2n) is 7.27. The van der Waals surface area contributed by atoms with Crippen LogP contribution in [0.5, 0.6) is 0 Å². The molecule has 0 fully saturated rings. The molecule has 0 aliphatic heterocycles. The van der Waals surface area contributed by atoms with Crippen LogP contribution in [0.25, 0.3) is 44.1 Å². The van der Waals surface area contributed by atoms with E-state index in [4.69, 9.17) is 0 Å². The molecular weight excluding hydrogens is 340 g/mol. The van der Waals surface area contributed by atoms with Gasteiger partial charge in [-0.1, -0.05) is 42.5 Å². The number of aryl methyl sites for hydroxylation is 2. The summed E-state index contributed by atoms with van der Waals surface area (Å²) in [5, 5.41) is 3.60. The van der Waals surface area contributed by atoms with E-state index in [0.717, 1.165) is 5.52 Å². The molecule has 2 nitrogen and oxygen atoms in total. The van der Waals surface area contributed by atoms with Crippen LogP contribution in [-0.2, 0) is 7.05 Å². The smallest absolute Gasteiger partial charge is 0.212 e. The highest BCUT2D eigenvalue weighted by atomic mass is 14.9. The molecule has 0 saturated carbocycles. The third-order valence-electron chi connectivity index (χ3n) is 5.49. The first-order valence-corrected chi connectivity index (χ1v) is 9.55. The first-order chi connectivity index (χ1) is 13.7. The molecule has 0 radical (unpaired) electrons. The number of hydrogen-bond donors (Lipinski definition) is 0. The Morgan fingerprint density at radius 3 is 2.43 bits per heavy atom. The van der Waals surface area contributed by atoms with Crippen molar-refractivity contribution in [1.82, 2.24) is 4.98 Å². The van der Waals surface area contributed by atoms with Gasteiger partial charge in [-0.2, -0.15) is 0 Å². The van der Waals surface area contributed by atoms with Gasteiger partial charge >= 0.3 is 0 Å². The highest BCUT2D eigenvalue weighted by Gasteiger charge is 2.15. The Labute approximate surface area is 164 Å². The Kier molecular flexibility index (Phi) is 3.91. The monoisotopic (exact) mass is 361 g/mol. The SMILES string of the molecule is Cc1ccc(-c2cc3cccnc3c3ccccc23)cc1-c1cccc[n+]1C. The lowest BCUT2D eigenvalue weighted by Crippen LogP contribution is -2.30. The zero-order valence-electron chi connectivity index (χ0n) is 16.1. The van der Waals surface area contributed by atoms with Gasteiger partial charge in [0.25, 0.3) is 0 Å². The first kappa shape index (κ1) is 16.6. The van der Waals surface area contributed by atoms with E-state index < -0.39 is 0 Å². The Morgan fingerprint density at radius 2 is 1.57 bits per heavy atom. The van der Waals surface area contributed by atoms with Gasteiger partial charge in [-0.25, -0.2) is 4.57 Å². The van der Waals surface area contributed by atoms with Crippen LogP contribution in [0.1, 0.15) is 5.56 Å². The Bertz CT molecular complexity index is 1340. The van der Waals surface area contributed by atoms with E-state index in [2.05, 4.69) is 103 Å². The predicted octanol–water partition coefficient (Wildman–Crippen LogP) is 5.85. The van der Waals surface area contributed by atoms with Crippen LogP contribution in [0, 0.1) is 6.92 Å². The average Bonchev–Trinajstić information content (AvgIpc) is 2.74. The Balaban J connectivity index is 1.81. The third kappa shape index (κ3) is 2.66. The zero-order valence-corrected chi connectivity index (χ0v) is 16.1. The number of benzene rings is 3. The summed E-state index contributed by atoms with van der Waals surface area (Å²) < 4.78 is 2.18. The second kappa shape index (κ2) is 6.58. The highest BCUT2D eigenvalue weighted by Crippen LogP contribution is 2.36. The van der Waals surface area contributed by atoms with E-state index in [9.17, 15) is 0 Å². The van der Waals surface area contributed by atoms with Gasteiger partial charge in [0.05, 0.1) is 5.52 Å². The van der Waals surface area contributed by atoms with Gasteiger partial charge in [-0.15, -0.1) is 0 Å². The second-order valence-corrected chi connectivity index (χ2v) is 7.27. The molecule has 0 unspecified atom stereocenters. The molecule has 134 valence electrons. The maximum atomic E-state index is 4.63. The summed E-state index contributed by atoms with van der Waals surface area (Å²) in [6.07, 6.45) is 3.96. The summed E-state index contributed by atoms with van der Waals surface area (Å²) in [6.45, 7) is 2.18. The van der Waals surface area contributed by atoms with Crippen molar-refractivity contribution in [2.45, 2.75) is 6.92 Å². The Morgan fingerprint density at radius 1 is 0.750 bits per heavy atom. The van der Waals surface area contributed by atoms with Crippen molar-refractivity contribution in [1.29, 1.82) is 0 Å². The minimum absolute atomic E-state index is 1.06. The van der Waals surface area contributed by atoms with E-state index in [1.807, 2.05) is 12.3 Å². The molecule has 5 aromatic rings. The van der Waals surface area contributed by atoms with E-state index >= 15 is 0 Å². The Hall–Kier alpha value is -3.52. The molecule has 0 spiro atoms. The van der Waals surface area contributed by atoms with E-state index in [1.165, 1.54) is 44.1 Å². The van der Waals surface area contributed by atoms with E-state index in [-0.39, 0.29) is 0 Å². The molecule has 2 heteroatoms. The maximum Gasteiger partial charge on any atom is 0.212 e. The van der Waals surface area contributed by atoms with Crippen LogP contribution >= 0.6 is 0 Å². The molecule has 2 heterocycles. The summed E-state index contributed by atoms with van der Waals surface area (Å²) in [5.41, 5.74) is 7.29. The largest absolute Gasteiger partial charge is 0.256 e.